The van der Waals surface area contributed by atoms with Crippen molar-refractivity contribution in [1.29, 1.82) is 0 Å². The predicted molar refractivity (Wildman–Crippen MR) is 128 cm³/mol. The smallest absolute Gasteiger partial charge is 0.226 e. The highest BCUT2D eigenvalue weighted by molar-refractivity contribution is 5.88. The van der Waals surface area contributed by atoms with Gasteiger partial charge in [0.05, 0.1) is 10.8 Å². The molecule has 6 saturated carbocycles. The molecule has 0 aromatic heterocycles. The summed E-state index contributed by atoms with van der Waals surface area (Å²) < 4.78 is 0. The van der Waals surface area contributed by atoms with E-state index in [4.69, 9.17) is 0 Å². The molecule has 0 aromatic rings. The fourth-order valence-electron chi connectivity index (χ4n) is 8.67. The van der Waals surface area contributed by atoms with Crippen molar-refractivity contribution in [2.45, 2.75) is 141 Å². The molecular weight excluding hydrogens is 396 g/mol. The Morgan fingerprint density at radius 1 is 0.531 bits per heavy atom. The maximum atomic E-state index is 13.8. The third kappa shape index (κ3) is 4.75. The molecule has 0 spiro atoms. The van der Waals surface area contributed by atoms with Crippen LogP contribution in [0.3, 0.4) is 0 Å². The number of rotatable bonds is 4. The highest BCUT2D eigenvalue weighted by Crippen LogP contribution is 2.65. The van der Waals surface area contributed by atoms with Gasteiger partial charge in [-0.25, -0.2) is 0 Å². The van der Waals surface area contributed by atoms with E-state index < -0.39 is 0 Å². The van der Waals surface area contributed by atoms with Crippen molar-refractivity contribution in [3.63, 3.8) is 0 Å². The van der Waals surface area contributed by atoms with E-state index in [9.17, 15) is 9.59 Å². The largest absolute Gasteiger partial charge is 0.353 e. The second kappa shape index (κ2) is 9.66. The molecule has 0 aliphatic heterocycles. The summed E-state index contributed by atoms with van der Waals surface area (Å²) in [6.07, 6.45) is 23.7. The van der Waals surface area contributed by atoms with Gasteiger partial charge < -0.3 is 10.6 Å². The van der Waals surface area contributed by atoms with Crippen molar-refractivity contribution in [3.8, 4) is 0 Å². The van der Waals surface area contributed by atoms with Crippen molar-refractivity contribution in [1.82, 2.24) is 10.6 Å². The van der Waals surface area contributed by atoms with Gasteiger partial charge in [-0.3, -0.25) is 9.59 Å². The Balaban J connectivity index is 1.27. The fraction of sp³-hybridized carbons (Fsp3) is 0.929. The number of amides is 2. The minimum atomic E-state index is -0.273. The van der Waals surface area contributed by atoms with Crippen LogP contribution in [0.4, 0.5) is 0 Å². The second-order valence-electron chi connectivity index (χ2n) is 12.6. The zero-order chi connectivity index (χ0) is 22.0. The van der Waals surface area contributed by atoms with E-state index in [0.717, 1.165) is 57.8 Å². The monoisotopic (exact) mass is 442 g/mol. The van der Waals surface area contributed by atoms with E-state index in [1.807, 2.05) is 0 Å². The van der Waals surface area contributed by atoms with E-state index in [0.29, 0.717) is 35.7 Å². The molecule has 0 radical (unpaired) electrons. The van der Waals surface area contributed by atoms with E-state index in [2.05, 4.69) is 10.6 Å². The van der Waals surface area contributed by atoms with Crippen LogP contribution in [0.25, 0.3) is 0 Å². The lowest BCUT2D eigenvalue weighted by Crippen LogP contribution is -2.62. The van der Waals surface area contributed by atoms with Gasteiger partial charge in [0.2, 0.25) is 11.8 Å². The normalized spacial score (nSPS) is 38.9. The predicted octanol–water partition coefficient (Wildman–Crippen LogP) is 6.03. The summed E-state index contributed by atoms with van der Waals surface area (Å²) in [5.41, 5.74) is -0.546. The number of nitrogens with one attached hydrogen (secondary N) is 2. The van der Waals surface area contributed by atoms with Gasteiger partial charge in [0.15, 0.2) is 0 Å². The minimum absolute atomic E-state index is 0.273. The number of hydrogen-bond acceptors (Lipinski definition) is 2. The number of hydrogen-bond donors (Lipinski definition) is 2. The molecule has 0 saturated heterocycles. The molecular formula is C28H46N2O2. The molecule has 6 aliphatic rings. The third-order valence-electron chi connectivity index (χ3n) is 9.91. The van der Waals surface area contributed by atoms with Crippen LogP contribution in [0.15, 0.2) is 0 Å². The summed E-state index contributed by atoms with van der Waals surface area (Å²) in [4.78, 5) is 27.5. The van der Waals surface area contributed by atoms with Crippen molar-refractivity contribution >= 4 is 11.8 Å². The van der Waals surface area contributed by atoms with Crippen molar-refractivity contribution < 1.29 is 9.59 Å². The van der Waals surface area contributed by atoms with Gasteiger partial charge in [0, 0.05) is 12.1 Å². The molecule has 6 fully saturated rings. The van der Waals surface area contributed by atoms with Gasteiger partial charge >= 0.3 is 0 Å². The fourth-order valence-corrected chi connectivity index (χ4v) is 8.67. The average Bonchev–Trinajstić information content (AvgIpc) is 2.70. The SMILES string of the molecule is O=C(NC1CCCCCCC1)C12CC3CC(C1)CC(C(=O)NC1CCCCCCC1)(C3)C2. The summed E-state index contributed by atoms with van der Waals surface area (Å²) in [7, 11) is 0. The molecule has 4 heteroatoms. The first kappa shape index (κ1) is 22.7. The summed E-state index contributed by atoms with van der Waals surface area (Å²) in [6, 6.07) is 0.714. The third-order valence-corrected chi connectivity index (χ3v) is 9.91. The molecule has 180 valence electrons. The van der Waals surface area contributed by atoms with Gasteiger partial charge in [0.25, 0.3) is 0 Å². The topological polar surface area (TPSA) is 58.2 Å². The highest BCUT2D eigenvalue weighted by Gasteiger charge is 2.63. The lowest BCUT2D eigenvalue weighted by Gasteiger charge is -2.60. The van der Waals surface area contributed by atoms with Crippen molar-refractivity contribution in [2.24, 2.45) is 22.7 Å². The first-order chi connectivity index (χ1) is 15.6. The summed E-state index contributed by atoms with van der Waals surface area (Å²) in [5.74, 6) is 1.76. The zero-order valence-electron chi connectivity index (χ0n) is 20.3. The Kier molecular flexibility index (Phi) is 6.86. The van der Waals surface area contributed by atoms with Crippen LogP contribution in [0.5, 0.6) is 0 Å². The molecule has 2 N–H and O–H groups in total. The van der Waals surface area contributed by atoms with Gasteiger partial charge in [-0.15, -0.1) is 0 Å². The highest BCUT2D eigenvalue weighted by atomic mass is 16.2. The Labute approximate surface area is 195 Å². The summed E-state index contributed by atoms with van der Waals surface area (Å²) in [6.45, 7) is 0. The van der Waals surface area contributed by atoms with Crippen LogP contribution in [0, 0.1) is 22.7 Å². The Morgan fingerprint density at radius 3 is 1.25 bits per heavy atom. The van der Waals surface area contributed by atoms with E-state index >= 15 is 0 Å². The summed E-state index contributed by atoms with van der Waals surface area (Å²) in [5, 5.41) is 7.05. The molecule has 0 aromatic carbocycles. The molecule has 6 rings (SSSR count). The van der Waals surface area contributed by atoms with Crippen LogP contribution in [0.2, 0.25) is 0 Å². The van der Waals surface area contributed by atoms with Crippen molar-refractivity contribution in [3.05, 3.63) is 0 Å². The van der Waals surface area contributed by atoms with Gasteiger partial charge in [-0.1, -0.05) is 64.2 Å². The van der Waals surface area contributed by atoms with Gasteiger partial charge in [0.1, 0.15) is 0 Å². The molecule has 6 aliphatic carbocycles. The summed E-state index contributed by atoms with van der Waals surface area (Å²) >= 11 is 0. The number of carbonyl (C=O) groups is 2. The first-order valence-corrected chi connectivity index (χ1v) is 14.2. The molecule has 2 amide bonds. The molecule has 0 unspecified atom stereocenters. The molecule has 4 nitrogen and oxygen atoms in total. The van der Waals surface area contributed by atoms with Crippen LogP contribution in [-0.4, -0.2) is 23.9 Å². The van der Waals surface area contributed by atoms with E-state index in [1.54, 1.807) is 0 Å². The quantitative estimate of drug-likeness (QED) is 0.558. The van der Waals surface area contributed by atoms with E-state index in [-0.39, 0.29) is 10.8 Å². The molecule has 0 atom stereocenters. The van der Waals surface area contributed by atoms with Gasteiger partial charge in [-0.2, -0.15) is 0 Å². The maximum absolute atomic E-state index is 13.8. The lowest BCUT2D eigenvalue weighted by molar-refractivity contribution is -0.168. The molecule has 32 heavy (non-hydrogen) atoms. The van der Waals surface area contributed by atoms with Crippen molar-refractivity contribution in [2.75, 3.05) is 0 Å². The van der Waals surface area contributed by atoms with Crippen LogP contribution >= 0.6 is 0 Å². The van der Waals surface area contributed by atoms with E-state index in [1.165, 1.54) is 70.6 Å². The maximum Gasteiger partial charge on any atom is 0.226 e. The Hall–Kier alpha value is -1.06. The Bertz CT molecular complexity index is 605. The van der Waals surface area contributed by atoms with Crippen LogP contribution < -0.4 is 10.6 Å². The first-order valence-electron chi connectivity index (χ1n) is 14.2. The second-order valence-corrected chi connectivity index (χ2v) is 12.6. The van der Waals surface area contributed by atoms with Gasteiger partial charge in [-0.05, 0) is 76.0 Å². The molecule has 4 bridgehead atoms. The van der Waals surface area contributed by atoms with Crippen LogP contribution in [-0.2, 0) is 9.59 Å². The van der Waals surface area contributed by atoms with Crippen LogP contribution in [0.1, 0.15) is 128 Å². The minimum Gasteiger partial charge on any atom is -0.353 e. The standard InChI is InChI=1S/C28H46N2O2/c31-25(29-23-11-7-3-1-4-8-12-23)27-16-21-15-22(17-27)19-28(18-21,20-27)26(32)30-24-13-9-5-2-6-10-14-24/h21-24H,1-20H2,(H,29,31)(H,30,32). The average molecular weight is 443 g/mol. The zero-order valence-corrected chi connectivity index (χ0v) is 20.3. The Morgan fingerprint density at radius 2 is 0.875 bits per heavy atom. The number of carbonyl (C=O) groups excluding carboxylic acids is 2. The molecule has 0 heterocycles. The lowest BCUT2D eigenvalue weighted by atomic mass is 9.43.